The molecule has 4 heteroatoms. The standard InChI is InChI=1S/C16H21FN2S.2C2H6/c1-4-10-13-7-18-8-19(13)14(15(10)20-3)9-5-11-12(6-9)16(11,2)17;2*1-2/h7-9,11-12,14H,4-6H2,1-3H3;2*1-2H3. The van der Waals surface area contributed by atoms with Gasteiger partial charge < -0.3 is 4.57 Å². The second kappa shape index (κ2) is 7.63. The van der Waals surface area contributed by atoms with Crippen molar-refractivity contribution in [3.05, 3.63) is 23.1 Å². The summed E-state index contributed by atoms with van der Waals surface area (Å²) in [5.74, 6) is 1.22. The van der Waals surface area contributed by atoms with Crippen molar-refractivity contribution >= 4 is 17.3 Å². The van der Waals surface area contributed by atoms with E-state index in [1.165, 1.54) is 16.2 Å². The van der Waals surface area contributed by atoms with Gasteiger partial charge in [-0.1, -0.05) is 34.6 Å². The molecule has 2 nitrogen and oxygen atoms in total. The lowest BCUT2D eigenvalue weighted by Gasteiger charge is -2.26. The monoisotopic (exact) mass is 352 g/mol. The molecule has 0 radical (unpaired) electrons. The predicted molar refractivity (Wildman–Crippen MR) is 104 cm³/mol. The van der Waals surface area contributed by atoms with E-state index in [2.05, 4.69) is 22.7 Å². The molecular formula is C20H33FN2S. The molecule has 0 N–H and O–H groups in total. The summed E-state index contributed by atoms with van der Waals surface area (Å²) in [6.45, 7) is 12.0. The third-order valence-electron chi connectivity index (χ3n) is 5.80. The predicted octanol–water partition coefficient (Wildman–Crippen LogP) is 6.36. The zero-order valence-electron chi connectivity index (χ0n) is 16.3. The molecule has 2 fully saturated rings. The molecule has 0 aromatic carbocycles. The molecule has 1 aliphatic heterocycles. The topological polar surface area (TPSA) is 17.8 Å². The van der Waals surface area contributed by atoms with Crippen molar-refractivity contribution in [2.24, 2.45) is 17.8 Å². The highest BCUT2D eigenvalue weighted by molar-refractivity contribution is 8.02. The van der Waals surface area contributed by atoms with Crippen molar-refractivity contribution in [1.82, 2.24) is 9.55 Å². The van der Waals surface area contributed by atoms with Gasteiger partial charge in [0.2, 0.25) is 0 Å². The lowest BCUT2D eigenvalue weighted by molar-refractivity contribution is 0.226. The summed E-state index contributed by atoms with van der Waals surface area (Å²) in [5.41, 5.74) is 1.86. The zero-order chi connectivity index (χ0) is 18.1. The van der Waals surface area contributed by atoms with Crippen LogP contribution in [0.2, 0.25) is 0 Å². The Balaban J connectivity index is 0.000000487. The summed E-state index contributed by atoms with van der Waals surface area (Å²) in [5, 5.41) is 0. The Morgan fingerprint density at radius 2 is 1.83 bits per heavy atom. The third-order valence-corrected chi connectivity index (χ3v) is 6.73. The van der Waals surface area contributed by atoms with Crippen molar-refractivity contribution in [1.29, 1.82) is 0 Å². The molecule has 0 bridgehead atoms. The molecule has 0 spiro atoms. The van der Waals surface area contributed by atoms with Crippen LogP contribution in [0.4, 0.5) is 4.39 Å². The minimum absolute atomic E-state index is 0.313. The molecular weight excluding hydrogens is 319 g/mol. The first-order valence-electron chi connectivity index (χ1n) is 9.57. The van der Waals surface area contributed by atoms with Gasteiger partial charge in [0.05, 0.1) is 24.3 Å². The summed E-state index contributed by atoms with van der Waals surface area (Å²) >= 11 is 1.87. The second-order valence-electron chi connectivity index (χ2n) is 6.63. The van der Waals surface area contributed by atoms with Crippen LogP contribution in [0.25, 0.3) is 5.57 Å². The normalized spacial score (nSPS) is 35.5. The van der Waals surface area contributed by atoms with Crippen LogP contribution in [-0.2, 0) is 0 Å². The lowest BCUT2D eigenvalue weighted by atomic mass is 9.91. The summed E-state index contributed by atoms with van der Waals surface area (Å²) in [4.78, 5) is 5.83. The SMILES string of the molecule is CC.CC.CCC1=C(SC)C(C2CC3C(C2)C3(C)F)n2cncc21. The number of aromatic nitrogens is 2. The molecule has 3 aliphatic rings. The first-order valence-corrected chi connectivity index (χ1v) is 10.8. The number of thioether (sulfide) groups is 1. The highest BCUT2D eigenvalue weighted by Gasteiger charge is 2.67. The van der Waals surface area contributed by atoms with E-state index in [1.54, 1.807) is 6.92 Å². The minimum Gasteiger partial charge on any atom is -0.322 e. The summed E-state index contributed by atoms with van der Waals surface area (Å²) in [6, 6.07) is 0.418. The first-order chi connectivity index (χ1) is 11.6. The summed E-state index contributed by atoms with van der Waals surface area (Å²) in [6.07, 6.45) is 9.27. The van der Waals surface area contributed by atoms with Gasteiger partial charge in [-0.25, -0.2) is 9.37 Å². The number of imidazole rings is 1. The fourth-order valence-corrected chi connectivity index (χ4v) is 5.73. The quantitative estimate of drug-likeness (QED) is 0.630. The Morgan fingerprint density at radius 3 is 2.33 bits per heavy atom. The van der Waals surface area contributed by atoms with E-state index in [9.17, 15) is 4.39 Å². The number of rotatable bonds is 3. The summed E-state index contributed by atoms with van der Waals surface area (Å²) in [7, 11) is 0. The third kappa shape index (κ3) is 2.85. The zero-order valence-corrected chi connectivity index (χ0v) is 17.1. The van der Waals surface area contributed by atoms with E-state index in [0.29, 0.717) is 23.8 Å². The molecule has 4 rings (SSSR count). The largest absolute Gasteiger partial charge is 0.322 e. The Kier molecular flexibility index (Phi) is 6.22. The van der Waals surface area contributed by atoms with Crippen molar-refractivity contribution in [2.75, 3.05) is 6.26 Å². The molecule has 3 unspecified atom stereocenters. The number of hydrogen-bond donors (Lipinski definition) is 0. The number of hydrogen-bond acceptors (Lipinski definition) is 2. The Morgan fingerprint density at radius 1 is 1.25 bits per heavy atom. The van der Waals surface area contributed by atoms with Gasteiger partial charge in [-0.15, -0.1) is 11.8 Å². The molecule has 2 saturated carbocycles. The lowest BCUT2D eigenvalue weighted by Crippen LogP contribution is -2.20. The van der Waals surface area contributed by atoms with Gasteiger partial charge >= 0.3 is 0 Å². The van der Waals surface area contributed by atoms with Crippen LogP contribution in [0.3, 0.4) is 0 Å². The van der Waals surface area contributed by atoms with Crippen LogP contribution >= 0.6 is 11.8 Å². The average molecular weight is 353 g/mol. The highest BCUT2D eigenvalue weighted by Crippen LogP contribution is 2.67. The summed E-state index contributed by atoms with van der Waals surface area (Å²) < 4.78 is 16.4. The van der Waals surface area contributed by atoms with Crippen LogP contribution in [0, 0.1) is 17.8 Å². The molecule has 0 amide bonds. The van der Waals surface area contributed by atoms with Crippen molar-refractivity contribution < 1.29 is 4.39 Å². The molecule has 2 heterocycles. The first kappa shape index (κ1) is 19.6. The van der Waals surface area contributed by atoms with E-state index in [-0.39, 0.29) is 0 Å². The second-order valence-corrected chi connectivity index (χ2v) is 7.48. The maximum Gasteiger partial charge on any atom is 0.114 e. The maximum atomic E-state index is 14.1. The Hall–Kier alpha value is -0.770. The molecule has 0 saturated heterocycles. The Labute approximate surface area is 151 Å². The maximum absolute atomic E-state index is 14.1. The van der Waals surface area contributed by atoms with Crippen molar-refractivity contribution in [3.8, 4) is 0 Å². The van der Waals surface area contributed by atoms with Gasteiger partial charge in [0.1, 0.15) is 5.67 Å². The van der Waals surface area contributed by atoms with Crippen molar-refractivity contribution in [3.63, 3.8) is 0 Å². The van der Waals surface area contributed by atoms with Crippen LogP contribution < -0.4 is 0 Å². The van der Waals surface area contributed by atoms with E-state index >= 15 is 0 Å². The van der Waals surface area contributed by atoms with Crippen LogP contribution in [0.1, 0.15) is 72.5 Å². The van der Waals surface area contributed by atoms with E-state index in [4.69, 9.17) is 0 Å². The van der Waals surface area contributed by atoms with E-state index in [1.807, 2.05) is 52.0 Å². The minimum atomic E-state index is -0.871. The Bertz CT molecular complexity index is 576. The fourth-order valence-electron chi connectivity index (χ4n) is 4.69. The van der Waals surface area contributed by atoms with Gasteiger partial charge in [0.15, 0.2) is 0 Å². The van der Waals surface area contributed by atoms with E-state index < -0.39 is 5.67 Å². The molecule has 2 aliphatic carbocycles. The molecule has 136 valence electrons. The van der Waals surface area contributed by atoms with Gasteiger partial charge in [-0.3, -0.25) is 0 Å². The van der Waals surface area contributed by atoms with Gasteiger partial charge in [0.25, 0.3) is 0 Å². The average Bonchev–Trinajstić information content (AvgIpc) is 3.13. The number of fused-ring (bicyclic) bond motifs is 2. The number of allylic oxidation sites excluding steroid dienone is 2. The van der Waals surface area contributed by atoms with Crippen LogP contribution in [-0.4, -0.2) is 21.5 Å². The van der Waals surface area contributed by atoms with Gasteiger partial charge in [-0.2, -0.15) is 0 Å². The molecule has 1 aromatic heterocycles. The molecule has 3 atom stereocenters. The van der Waals surface area contributed by atoms with Crippen LogP contribution in [0.15, 0.2) is 17.4 Å². The van der Waals surface area contributed by atoms with Crippen molar-refractivity contribution in [2.45, 2.75) is 72.5 Å². The molecule has 1 aromatic rings. The van der Waals surface area contributed by atoms with Gasteiger partial charge in [0, 0.05) is 4.91 Å². The highest BCUT2D eigenvalue weighted by atomic mass is 32.2. The number of halogens is 1. The molecule has 24 heavy (non-hydrogen) atoms. The van der Waals surface area contributed by atoms with Crippen LogP contribution in [0.5, 0.6) is 0 Å². The smallest absolute Gasteiger partial charge is 0.114 e. The fraction of sp³-hybridized carbons (Fsp3) is 0.750. The number of alkyl halides is 1. The number of nitrogens with zero attached hydrogens (tertiary/aromatic N) is 2. The van der Waals surface area contributed by atoms with E-state index in [0.717, 1.165) is 19.3 Å². The van der Waals surface area contributed by atoms with Gasteiger partial charge in [-0.05, 0) is 55.8 Å².